The number of aromatic nitrogens is 2. The number of fused-ring (bicyclic) bond motifs is 6. The molecule has 0 aliphatic heterocycles. The highest BCUT2D eigenvalue weighted by Crippen LogP contribution is 2.38. The molecule has 0 saturated heterocycles. The molecule has 0 unspecified atom stereocenters. The monoisotopic (exact) mass is 638 g/mol. The fourth-order valence-corrected chi connectivity index (χ4v) is 7.40. The van der Waals surface area contributed by atoms with Crippen molar-refractivity contribution >= 4 is 43.7 Å². The molecule has 0 N–H and O–H groups in total. The van der Waals surface area contributed by atoms with Crippen molar-refractivity contribution in [3.05, 3.63) is 182 Å². The van der Waals surface area contributed by atoms with Crippen molar-refractivity contribution in [2.75, 3.05) is 0 Å². The van der Waals surface area contributed by atoms with E-state index in [1.54, 1.807) is 0 Å². The minimum absolute atomic E-state index is 0.852. The average Bonchev–Trinajstić information content (AvgIpc) is 3.74. The summed E-state index contributed by atoms with van der Waals surface area (Å²) in [6, 6.07) is 64.3. The molecule has 3 nitrogen and oxygen atoms in total. The molecule has 0 amide bonds. The number of nitrogens with zero attached hydrogens (tertiary/aromatic N) is 2. The van der Waals surface area contributed by atoms with Gasteiger partial charge in [-0.05, 0) is 70.8 Å². The van der Waals surface area contributed by atoms with E-state index in [4.69, 9.17) is 9.40 Å². The topological polar surface area (TPSA) is 31.0 Å². The van der Waals surface area contributed by atoms with Gasteiger partial charge < -0.3 is 8.98 Å². The molecule has 3 heterocycles. The van der Waals surface area contributed by atoms with Crippen LogP contribution in [0.25, 0.3) is 94.2 Å². The van der Waals surface area contributed by atoms with Crippen LogP contribution in [0.1, 0.15) is 0 Å². The number of benzene rings is 7. The molecule has 3 aromatic heterocycles. The quantitative estimate of drug-likeness (QED) is 0.188. The fraction of sp³-hybridized carbons (Fsp3) is 0. The van der Waals surface area contributed by atoms with Gasteiger partial charge in [-0.25, -0.2) is 4.98 Å². The minimum atomic E-state index is 0.852. The van der Waals surface area contributed by atoms with Crippen molar-refractivity contribution in [1.29, 1.82) is 0 Å². The maximum Gasteiger partial charge on any atom is 0.144 e. The molecule has 0 saturated carbocycles. The summed E-state index contributed by atoms with van der Waals surface area (Å²) in [5.74, 6) is 0. The zero-order valence-electron chi connectivity index (χ0n) is 27.1. The van der Waals surface area contributed by atoms with Crippen LogP contribution in [0.4, 0.5) is 0 Å². The van der Waals surface area contributed by atoms with Gasteiger partial charge in [-0.2, -0.15) is 0 Å². The van der Waals surface area contributed by atoms with Crippen molar-refractivity contribution in [3.8, 4) is 50.5 Å². The lowest BCUT2D eigenvalue weighted by Crippen LogP contribution is -1.95. The van der Waals surface area contributed by atoms with Crippen LogP contribution in [0.15, 0.2) is 186 Å². The van der Waals surface area contributed by atoms with E-state index >= 15 is 0 Å². The van der Waals surface area contributed by atoms with E-state index in [0.29, 0.717) is 0 Å². The van der Waals surface area contributed by atoms with Gasteiger partial charge in [-0.15, -0.1) is 0 Å². The minimum Gasteiger partial charge on any atom is -0.455 e. The van der Waals surface area contributed by atoms with Crippen LogP contribution < -0.4 is 0 Å². The van der Waals surface area contributed by atoms with E-state index < -0.39 is 0 Å². The van der Waals surface area contributed by atoms with Gasteiger partial charge in [-0.1, -0.05) is 133 Å². The van der Waals surface area contributed by atoms with Crippen LogP contribution in [0.2, 0.25) is 0 Å². The molecule has 0 fully saturated rings. The van der Waals surface area contributed by atoms with E-state index in [9.17, 15) is 0 Å². The first-order valence-corrected chi connectivity index (χ1v) is 17.0. The zero-order chi connectivity index (χ0) is 33.0. The molecule has 0 spiro atoms. The maximum atomic E-state index is 6.48. The predicted molar refractivity (Wildman–Crippen MR) is 208 cm³/mol. The Balaban J connectivity index is 1.13. The van der Waals surface area contributed by atoms with Crippen LogP contribution in [-0.4, -0.2) is 9.55 Å². The van der Waals surface area contributed by atoms with Crippen molar-refractivity contribution < 1.29 is 4.42 Å². The molecule has 3 heteroatoms. The highest BCUT2D eigenvalue weighted by Gasteiger charge is 2.17. The van der Waals surface area contributed by atoms with Gasteiger partial charge >= 0.3 is 0 Å². The van der Waals surface area contributed by atoms with Crippen molar-refractivity contribution in [2.45, 2.75) is 0 Å². The SMILES string of the molecule is c1ccc(-c2ccc(-c3cc(-c4ccc(-n5c6ccccc6c6ccccc65)cc4)nc(-c4cccc5c4oc4ccccc45)c3)cc2)cc1. The molecule has 0 atom stereocenters. The Hall–Kier alpha value is -6.71. The Morgan fingerprint density at radius 2 is 0.920 bits per heavy atom. The van der Waals surface area contributed by atoms with Crippen LogP contribution in [0.3, 0.4) is 0 Å². The molecule has 7 aromatic carbocycles. The van der Waals surface area contributed by atoms with Crippen LogP contribution in [0.5, 0.6) is 0 Å². The summed E-state index contributed by atoms with van der Waals surface area (Å²) < 4.78 is 8.83. The lowest BCUT2D eigenvalue weighted by atomic mass is 9.97. The summed E-state index contributed by atoms with van der Waals surface area (Å²) in [7, 11) is 0. The van der Waals surface area contributed by atoms with E-state index in [0.717, 1.165) is 61.3 Å². The number of hydrogen-bond acceptors (Lipinski definition) is 2. The Morgan fingerprint density at radius 1 is 0.380 bits per heavy atom. The number of para-hydroxylation sites is 4. The lowest BCUT2D eigenvalue weighted by molar-refractivity contribution is 0.670. The highest BCUT2D eigenvalue weighted by molar-refractivity contribution is 6.10. The molecular weight excluding hydrogens is 609 g/mol. The van der Waals surface area contributed by atoms with Crippen LogP contribution in [0, 0.1) is 0 Å². The van der Waals surface area contributed by atoms with E-state index in [2.05, 4.69) is 174 Å². The number of furan rings is 1. The van der Waals surface area contributed by atoms with E-state index in [-0.39, 0.29) is 0 Å². The van der Waals surface area contributed by atoms with E-state index in [1.165, 1.54) is 32.9 Å². The Morgan fingerprint density at radius 3 is 1.64 bits per heavy atom. The number of hydrogen-bond donors (Lipinski definition) is 0. The highest BCUT2D eigenvalue weighted by atomic mass is 16.3. The molecule has 50 heavy (non-hydrogen) atoms. The number of pyridine rings is 1. The second-order valence-corrected chi connectivity index (χ2v) is 12.8. The average molecular weight is 639 g/mol. The number of rotatable bonds is 5. The second-order valence-electron chi connectivity index (χ2n) is 12.8. The lowest BCUT2D eigenvalue weighted by Gasteiger charge is -2.13. The third kappa shape index (κ3) is 4.63. The van der Waals surface area contributed by atoms with Gasteiger partial charge in [0.15, 0.2) is 0 Å². The standard InChI is InChI=1S/C47H30N2O/c1-2-11-31(12-3-1)32-21-23-33(24-22-32)35-29-42(48-43(30-35)41-17-10-16-40-39-15-6-9-20-46(39)50-47(40)41)34-25-27-36(28-26-34)49-44-18-7-4-13-37(44)38-14-5-8-19-45(38)49/h1-30H. The second kappa shape index (κ2) is 11.5. The summed E-state index contributed by atoms with van der Waals surface area (Å²) in [4.78, 5) is 5.31. The largest absolute Gasteiger partial charge is 0.455 e. The summed E-state index contributed by atoms with van der Waals surface area (Å²) in [5, 5.41) is 4.71. The van der Waals surface area contributed by atoms with Crippen molar-refractivity contribution in [2.24, 2.45) is 0 Å². The summed E-state index contributed by atoms with van der Waals surface area (Å²) in [5.41, 5.74) is 13.7. The fourth-order valence-electron chi connectivity index (χ4n) is 7.40. The van der Waals surface area contributed by atoms with Gasteiger partial charge in [0.25, 0.3) is 0 Å². The first-order valence-electron chi connectivity index (χ1n) is 17.0. The Bertz CT molecular complexity index is 2790. The van der Waals surface area contributed by atoms with Gasteiger partial charge in [0.05, 0.1) is 22.4 Å². The van der Waals surface area contributed by atoms with Crippen LogP contribution >= 0.6 is 0 Å². The zero-order valence-corrected chi connectivity index (χ0v) is 27.1. The molecule has 0 aliphatic rings. The predicted octanol–water partition coefficient (Wildman–Crippen LogP) is 12.7. The molecule has 10 aromatic rings. The Labute approximate surface area is 289 Å². The van der Waals surface area contributed by atoms with Crippen LogP contribution in [-0.2, 0) is 0 Å². The third-order valence-electron chi connectivity index (χ3n) is 9.83. The first kappa shape index (κ1) is 28.3. The summed E-state index contributed by atoms with van der Waals surface area (Å²) in [6.07, 6.45) is 0. The molecule has 0 bridgehead atoms. The van der Waals surface area contributed by atoms with E-state index in [1.807, 2.05) is 12.1 Å². The van der Waals surface area contributed by atoms with Gasteiger partial charge in [0.2, 0.25) is 0 Å². The van der Waals surface area contributed by atoms with Crippen molar-refractivity contribution in [3.63, 3.8) is 0 Å². The van der Waals surface area contributed by atoms with Crippen molar-refractivity contribution in [1.82, 2.24) is 9.55 Å². The molecular formula is C47H30N2O. The van der Waals surface area contributed by atoms with Gasteiger partial charge in [0.1, 0.15) is 11.2 Å². The summed E-state index contributed by atoms with van der Waals surface area (Å²) in [6.45, 7) is 0. The smallest absolute Gasteiger partial charge is 0.144 e. The normalized spacial score (nSPS) is 11.6. The Kier molecular flexibility index (Phi) is 6.49. The molecule has 234 valence electrons. The molecule has 0 aliphatic carbocycles. The maximum absolute atomic E-state index is 6.48. The van der Waals surface area contributed by atoms with Gasteiger partial charge in [0, 0.05) is 38.4 Å². The third-order valence-corrected chi connectivity index (χ3v) is 9.83. The summed E-state index contributed by atoms with van der Waals surface area (Å²) >= 11 is 0. The molecule has 10 rings (SSSR count). The molecule has 0 radical (unpaired) electrons. The van der Waals surface area contributed by atoms with Gasteiger partial charge in [-0.3, -0.25) is 0 Å². The first-order chi connectivity index (χ1) is 24.8.